The average molecular weight is 280 g/mol. The van der Waals surface area contributed by atoms with E-state index in [-0.39, 0.29) is 11.6 Å². The normalized spacial score (nSPS) is 10.0. The Labute approximate surface area is 95.7 Å². The summed E-state index contributed by atoms with van der Waals surface area (Å²) in [6.07, 6.45) is 0. The van der Waals surface area contributed by atoms with Crippen molar-refractivity contribution in [3.63, 3.8) is 0 Å². The quantitative estimate of drug-likeness (QED) is 0.764. The van der Waals surface area contributed by atoms with E-state index in [0.717, 1.165) is 0 Å². The molecule has 0 aliphatic carbocycles. The van der Waals surface area contributed by atoms with Gasteiger partial charge in [-0.15, -0.1) is 11.6 Å². The molecule has 0 heterocycles. The lowest BCUT2D eigenvalue weighted by molar-refractivity contribution is 0.385. The van der Waals surface area contributed by atoms with E-state index >= 15 is 0 Å². The fourth-order valence-corrected chi connectivity index (χ4v) is 1.68. The van der Waals surface area contributed by atoms with Gasteiger partial charge in [0.05, 0.1) is 7.11 Å². The number of hydrogen-bond donors (Lipinski definition) is 0. The van der Waals surface area contributed by atoms with Crippen molar-refractivity contribution in [3.05, 3.63) is 34.6 Å². The topological polar surface area (TPSA) is 9.23 Å². The third kappa shape index (κ3) is 2.28. The lowest BCUT2D eigenvalue weighted by Gasteiger charge is -2.10. The molecule has 14 heavy (non-hydrogen) atoms. The first-order valence-electron chi connectivity index (χ1n) is 3.87. The molecule has 0 unspecified atom stereocenters. The monoisotopic (exact) mass is 278 g/mol. The summed E-state index contributed by atoms with van der Waals surface area (Å²) in [4.78, 5) is 0. The molecular formula is C10H9BrClFO. The molecule has 0 fully saturated rings. The molecule has 76 valence electrons. The summed E-state index contributed by atoms with van der Waals surface area (Å²) in [6.45, 7) is 3.73. The van der Waals surface area contributed by atoms with E-state index in [4.69, 9.17) is 16.3 Å². The van der Waals surface area contributed by atoms with Crippen molar-refractivity contribution in [2.75, 3.05) is 13.0 Å². The summed E-state index contributed by atoms with van der Waals surface area (Å²) < 4.78 is 18.9. The van der Waals surface area contributed by atoms with Gasteiger partial charge in [0.25, 0.3) is 0 Å². The van der Waals surface area contributed by atoms with E-state index in [1.54, 1.807) is 6.07 Å². The van der Waals surface area contributed by atoms with Gasteiger partial charge < -0.3 is 4.74 Å². The molecular weight excluding hydrogens is 270 g/mol. The minimum absolute atomic E-state index is 0.179. The molecule has 0 spiro atoms. The smallest absolute Gasteiger partial charge is 0.166 e. The summed E-state index contributed by atoms with van der Waals surface area (Å²) in [6, 6.07) is 3.07. The van der Waals surface area contributed by atoms with Gasteiger partial charge >= 0.3 is 0 Å². The average Bonchev–Trinajstić information content (AvgIpc) is 2.15. The molecule has 0 saturated heterocycles. The molecule has 0 aliphatic heterocycles. The maximum atomic E-state index is 13.4. The number of ether oxygens (including phenoxy) is 1. The largest absolute Gasteiger partial charge is 0.493 e. The predicted molar refractivity (Wildman–Crippen MR) is 60.4 cm³/mol. The molecule has 0 atom stereocenters. The van der Waals surface area contributed by atoms with E-state index in [9.17, 15) is 4.39 Å². The van der Waals surface area contributed by atoms with E-state index in [1.165, 1.54) is 13.2 Å². The van der Waals surface area contributed by atoms with Crippen LogP contribution in [0.3, 0.4) is 0 Å². The Morgan fingerprint density at radius 1 is 1.64 bits per heavy atom. The molecule has 0 radical (unpaired) electrons. The van der Waals surface area contributed by atoms with Crippen LogP contribution in [0.15, 0.2) is 23.2 Å². The zero-order valence-electron chi connectivity index (χ0n) is 7.61. The van der Waals surface area contributed by atoms with Crippen LogP contribution in [0.5, 0.6) is 5.75 Å². The Morgan fingerprint density at radius 3 is 2.79 bits per heavy atom. The standard InChI is InChI=1S/C10H9BrClFO/c1-6(5-12)8-3-7(11)4-9(13)10(8)14-2/h3-4H,1,5H2,2H3. The highest BCUT2D eigenvalue weighted by Crippen LogP contribution is 2.31. The maximum absolute atomic E-state index is 13.4. The fourth-order valence-electron chi connectivity index (χ4n) is 1.10. The van der Waals surface area contributed by atoms with E-state index < -0.39 is 5.82 Å². The molecule has 0 amide bonds. The van der Waals surface area contributed by atoms with E-state index in [2.05, 4.69) is 22.5 Å². The summed E-state index contributed by atoms with van der Waals surface area (Å²) >= 11 is 8.82. The van der Waals surface area contributed by atoms with Crippen molar-refractivity contribution in [2.24, 2.45) is 0 Å². The van der Waals surface area contributed by atoms with Gasteiger partial charge in [0.2, 0.25) is 0 Å². The van der Waals surface area contributed by atoms with Gasteiger partial charge in [-0.1, -0.05) is 22.5 Å². The van der Waals surface area contributed by atoms with Crippen LogP contribution in [0.1, 0.15) is 5.56 Å². The summed E-state index contributed by atoms with van der Waals surface area (Å²) in [5.41, 5.74) is 1.22. The zero-order valence-corrected chi connectivity index (χ0v) is 9.95. The van der Waals surface area contributed by atoms with Gasteiger partial charge in [-0.2, -0.15) is 0 Å². The van der Waals surface area contributed by atoms with Crippen molar-refractivity contribution < 1.29 is 9.13 Å². The second-order valence-corrected chi connectivity index (χ2v) is 3.89. The minimum Gasteiger partial charge on any atom is -0.493 e. The third-order valence-electron chi connectivity index (χ3n) is 1.75. The Balaban J connectivity index is 3.32. The Hall–Kier alpha value is -0.540. The lowest BCUT2D eigenvalue weighted by Crippen LogP contribution is -1.95. The molecule has 1 nitrogen and oxygen atoms in total. The number of methoxy groups -OCH3 is 1. The van der Waals surface area contributed by atoms with E-state index in [1.807, 2.05) is 0 Å². The summed E-state index contributed by atoms with van der Waals surface area (Å²) in [5.74, 6) is -0.00584. The van der Waals surface area contributed by atoms with Gasteiger partial charge in [0.15, 0.2) is 11.6 Å². The van der Waals surface area contributed by atoms with Crippen LogP contribution in [-0.4, -0.2) is 13.0 Å². The predicted octanol–water partition coefficient (Wildman–Crippen LogP) is 3.85. The summed E-state index contributed by atoms with van der Waals surface area (Å²) in [7, 11) is 1.41. The number of benzene rings is 1. The van der Waals surface area contributed by atoms with Crippen LogP contribution in [0.25, 0.3) is 5.57 Å². The first-order chi connectivity index (χ1) is 6.60. The van der Waals surface area contributed by atoms with Crippen LogP contribution in [0.2, 0.25) is 0 Å². The summed E-state index contributed by atoms with van der Waals surface area (Å²) in [5, 5.41) is 0. The van der Waals surface area contributed by atoms with Gasteiger partial charge in [0, 0.05) is 15.9 Å². The Morgan fingerprint density at radius 2 is 2.29 bits per heavy atom. The molecule has 1 aromatic rings. The van der Waals surface area contributed by atoms with Crippen molar-refractivity contribution in [3.8, 4) is 5.75 Å². The van der Waals surface area contributed by atoms with Crippen LogP contribution >= 0.6 is 27.5 Å². The van der Waals surface area contributed by atoms with Crippen molar-refractivity contribution in [1.29, 1.82) is 0 Å². The molecule has 0 bridgehead atoms. The molecule has 0 saturated carbocycles. The van der Waals surface area contributed by atoms with Crippen LogP contribution in [0, 0.1) is 5.82 Å². The highest BCUT2D eigenvalue weighted by Gasteiger charge is 2.12. The number of halogens is 3. The number of rotatable bonds is 3. The molecule has 4 heteroatoms. The van der Waals surface area contributed by atoms with Gasteiger partial charge in [-0.05, 0) is 17.7 Å². The minimum atomic E-state index is -0.428. The van der Waals surface area contributed by atoms with Gasteiger partial charge in [-0.3, -0.25) is 0 Å². The molecule has 0 aromatic heterocycles. The second-order valence-electron chi connectivity index (χ2n) is 2.71. The van der Waals surface area contributed by atoms with Crippen molar-refractivity contribution in [1.82, 2.24) is 0 Å². The van der Waals surface area contributed by atoms with Crippen molar-refractivity contribution in [2.45, 2.75) is 0 Å². The lowest BCUT2D eigenvalue weighted by atomic mass is 10.1. The van der Waals surface area contributed by atoms with E-state index in [0.29, 0.717) is 15.6 Å². The highest BCUT2D eigenvalue weighted by atomic mass is 79.9. The van der Waals surface area contributed by atoms with Gasteiger partial charge in [-0.25, -0.2) is 4.39 Å². The van der Waals surface area contributed by atoms with Crippen LogP contribution in [0.4, 0.5) is 4.39 Å². The molecule has 1 aromatic carbocycles. The molecule has 0 aliphatic rings. The fraction of sp³-hybridized carbons (Fsp3) is 0.200. The molecule has 0 N–H and O–H groups in total. The van der Waals surface area contributed by atoms with Gasteiger partial charge in [0.1, 0.15) is 0 Å². The number of allylic oxidation sites excluding steroid dienone is 1. The van der Waals surface area contributed by atoms with Crippen LogP contribution < -0.4 is 4.74 Å². The van der Waals surface area contributed by atoms with Crippen LogP contribution in [-0.2, 0) is 0 Å². The maximum Gasteiger partial charge on any atom is 0.166 e. The Bertz CT molecular complexity index is 365. The molecule has 1 rings (SSSR count). The first kappa shape index (κ1) is 11.5. The first-order valence-corrected chi connectivity index (χ1v) is 5.20. The number of hydrogen-bond acceptors (Lipinski definition) is 1. The SMILES string of the molecule is C=C(CCl)c1cc(Br)cc(F)c1OC. The third-order valence-corrected chi connectivity index (χ3v) is 2.54. The highest BCUT2D eigenvalue weighted by molar-refractivity contribution is 9.10. The Kier molecular flexibility index (Phi) is 3.96. The van der Waals surface area contributed by atoms with Crippen molar-refractivity contribution >= 4 is 33.1 Å². The second kappa shape index (κ2) is 4.80. The number of alkyl halides is 1. The zero-order chi connectivity index (χ0) is 10.7.